The molecule has 2 atom stereocenters. The Bertz CT molecular complexity index is 413. The summed E-state index contributed by atoms with van der Waals surface area (Å²) in [6.07, 6.45) is -4.41. The molecule has 0 radical (unpaired) electrons. The minimum Gasteiger partial charge on any atom is -0.317 e. The van der Waals surface area contributed by atoms with E-state index in [0.29, 0.717) is 12.4 Å². The van der Waals surface area contributed by atoms with Crippen molar-refractivity contribution in [1.82, 2.24) is 14.9 Å². The van der Waals surface area contributed by atoms with Crippen molar-refractivity contribution in [2.24, 2.45) is 0 Å². The molecule has 1 aromatic rings. The second-order valence-electron chi connectivity index (χ2n) is 3.96. The van der Waals surface area contributed by atoms with E-state index in [1.807, 2.05) is 6.92 Å². The SMILES string of the molecule is C[C@H]1NC[C@H](C)n2c1nc(C(F)(F)F)c2Br. The molecule has 7 heteroatoms. The van der Waals surface area contributed by atoms with Gasteiger partial charge in [0.25, 0.3) is 0 Å². The van der Waals surface area contributed by atoms with Crippen molar-refractivity contribution in [1.29, 1.82) is 0 Å². The Morgan fingerprint density at radius 1 is 1.44 bits per heavy atom. The Labute approximate surface area is 99.2 Å². The van der Waals surface area contributed by atoms with Gasteiger partial charge in [-0.15, -0.1) is 0 Å². The molecule has 0 aliphatic carbocycles. The average molecular weight is 298 g/mol. The fraction of sp³-hybridized carbons (Fsp3) is 0.667. The second-order valence-corrected chi connectivity index (χ2v) is 4.71. The number of fused-ring (bicyclic) bond motifs is 1. The zero-order chi connectivity index (χ0) is 12.1. The Hall–Kier alpha value is -0.560. The number of hydrogen-bond acceptors (Lipinski definition) is 2. The molecule has 90 valence electrons. The third-order valence-corrected chi connectivity index (χ3v) is 3.45. The number of imidazole rings is 1. The van der Waals surface area contributed by atoms with Gasteiger partial charge in [-0.2, -0.15) is 13.2 Å². The van der Waals surface area contributed by atoms with Gasteiger partial charge in [0.05, 0.1) is 6.04 Å². The molecule has 2 heterocycles. The molecule has 0 aromatic carbocycles. The van der Waals surface area contributed by atoms with E-state index in [2.05, 4.69) is 26.2 Å². The Kier molecular flexibility index (Phi) is 2.78. The second kappa shape index (κ2) is 3.73. The van der Waals surface area contributed by atoms with Gasteiger partial charge in [-0.25, -0.2) is 4.98 Å². The molecule has 2 rings (SSSR count). The number of halogens is 4. The summed E-state index contributed by atoms with van der Waals surface area (Å²) in [5, 5.41) is 3.11. The van der Waals surface area contributed by atoms with E-state index in [-0.39, 0.29) is 16.7 Å². The van der Waals surface area contributed by atoms with Crippen LogP contribution in [-0.2, 0) is 6.18 Å². The van der Waals surface area contributed by atoms with Crippen molar-refractivity contribution in [3.05, 3.63) is 16.1 Å². The molecule has 3 nitrogen and oxygen atoms in total. The third kappa shape index (κ3) is 1.75. The van der Waals surface area contributed by atoms with Crippen molar-refractivity contribution in [2.45, 2.75) is 32.1 Å². The van der Waals surface area contributed by atoms with E-state index >= 15 is 0 Å². The summed E-state index contributed by atoms with van der Waals surface area (Å²) < 4.78 is 39.6. The Balaban J connectivity index is 2.58. The standard InChI is InChI=1S/C9H11BrF3N3/c1-4-3-14-5(2)8-15-6(9(11,12)13)7(10)16(4)8/h4-5,14H,3H2,1-2H3/t4-,5+/m0/s1. The number of nitrogens with zero attached hydrogens (tertiary/aromatic N) is 2. The molecule has 0 saturated carbocycles. The number of aromatic nitrogens is 2. The lowest BCUT2D eigenvalue weighted by Crippen LogP contribution is -2.34. The maximum absolute atomic E-state index is 12.7. The Morgan fingerprint density at radius 2 is 2.06 bits per heavy atom. The van der Waals surface area contributed by atoms with E-state index in [9.17, 15) is 13.2 Å². The molecule has 0 saturated heterocycles. The summed E-state index contributed by atoms with van der Waals surface area (Å²) in [5.41, 5.74) is -0.843. The highest BCUT2D eigenvalue weighted by atomic mass is 79.9. The summed E-state index contributed by atoms with van der Waals surface area (Å²) in [4.78, 5) is 3.68. The minimum atomic E-state index is -4.41. The van der Waals surface area contributed by atoms with Crippen molar-refractivity contribution in [3.8, 4) is 0 Å². The van der Waals surface area contributed by atoms with Gasteiger partial charge in [0.15, 0.2) is 5.69 Å². The largest absolute Gasteiger partial charge is 0.436 e. The van der Waals surface area contributed by atoms with Gasteiger partial charge in [-0.05, 0) is 29.8 Å². The maximum Gasteiger partial charge on any atom is 0.436 e. The monoisotopic (exact) mass is 297 g/mol. The van der Waals surface area contributed by atoms with Gasteiger partial charge in [0.1, 0.15) is 10.4 Å². The van der Waals surface area contributed by atoms with E-state index < -0.39 is 11.9 Å². The van der Waals surface area contributed by atoms with Crippen molar-refractivity contribution >= 4 is 15.9 Å². The normalized spacial score (nSPS) is 25.6. The number of alkyl halides is 3. The average Bonchev–Trinajstić information content (AvgIpc) is 2.51. The van der Waals surface area contributed by atoms with Crippen LogP contribution in [0.2, 0.25) is 0 Å². The topological polar surface area (TPSA) is 29.9 Å². The van der Waals surface area contributed by atoms with Crippen LogP contribution in [-0.4, -0.2) is 16.1 Å². The van der Waals surface area contributed by atoms with Gasteiger partial charge in [0.2, 0.25) is 0 Å². The van der Waals surface area contributed by atoms with Crippen LogP contribution in [0.5, 0.6) is 0 Å². The predicted molar refractivity (Wildman–Crippen MR) is 56.1 cm³/mol. The van der Waals surface area contributed by atoms with Crippen LogP contribution in [0.25, 0.3) is 0 Å². The minimum absolute atomic E-state index is 0.0239. The molecule has 16 heavy (non-hydrogen) atoms. The van der Waals surface area contributed by atoms with E-state index in [1.165, 1.54) is 0 Å². The first-order chi connectivity index (χ1) is 7.32. The molecular formula is C9H11BrF3N3. The Morgan fingerprint density at radius 3 is 2.56 bits per heavy atom. The van der Waals surface area contributed by atoms with Crippen LogP contribution in [0.15, 0.2) is 4.60 Å². The first-order valence-electron chi connectivity index (χ1n) is 4.90. The maximum atomic E-state index is 12.7. The van der Waals surface area contributed by atoms with E-state index in [1.54, 1.807) is 11.5 Å². The quantitative estimate of drug-likeness (QED) is 0.798. The van der Waals surface area contributed by atoms with Crippen LogP contribution in [0.3, 0.4) is 0 Å². The fourth-order valence-corrected chi connectivity index (χ4v) is 2.71. The smallest absolute Gasteiger partial charge is 0.317 e. The third-order valence-electron chi connectivity index (χ3n) is 2.70. The highest BCUT2D eigenvalue weighted by Gasteiger charge is 2.40. The lowest BCUT2D eigenvalue weighted by molar-refractivity contribution is -0.141. The fourth-order valence-electron chi connectivity index (χ4n) is 1.86. The lowest BCUT2D eigenvalue weighted by atomic mass is 10.2. The van der Waals surface area contributed by atoms with Crippen LogP contribution >= 0.6 is 15.9 Å². The molecule has 1 N–H and O–H groups in total. The van der Waals surface area contributed by atoms with Gasteiger partial charge in [-0.3, -0.25) is 0 Å². The van der Waals surface area contributed by atoms with Gasteiger partial charge in [0, 0.05) is 12.6 Å². The van der Waals surface area contributed by atoms with Gasteiger partial charge >= 0.3 is 6.18 Å². The number of nitrogens with one attached hydrogen (secondary N) is 1. The highest BCUT2D eigenvalue weighted by Crippen LogP contribution is 2.38. The summed E-state index contributed by atoms with van der Waals surface area (Å²) in [7, 11) is 0. The number of hydrogen-bond donors (Lipinski definition) is 1. The van der Waals surface area contributed by atoms with Crippen LogP contribution in [0.4, 0.5) is 13.2 Å². The van der Waals surface area contributed by atoms with Crippen molar-refractivity contribution in [2.75, 3.05) is 6.54 Å². The molecular weight excluding hydrogens is 287 g/mol. The summed E-state index contributed by atoms with van der Waals surface area (Å²) in [5.74, 6) is 0.429. The number of rotatable bonds is 0. The van der Waals surface area contributed by atoms with E-state index in [4.69, 9.17) is 0 Å². The van der Waals surface area contributed by atoms with E-state index in [0.717, 1.165) is 0 Å². The highest BCUT2D eigenvalue weighted by molar-refractivity contribution is 9.10. The van der Waals surface area contributed by atoms with Gasteiger partial charge < -0.3 is 9.88 Å². The molecule has 0 unspecified atom stereocenters. The van der Waals surface area contributed by atoms with Crippen LogP contribution < -0.4 is 5.32 Å². The zero-order valence-electron chi connectivity index (χ0n) is 8.77. The molecule has 1 aliphatic heterocycles. The van der Waals surface area contributed by atoms with Crippen LogP contribution in [0, 0.1) is 0 Å². The molecule has 1 aliphatic rings. The van der Waals surface area contributed by atoms with Crippen molar-refractivity contribution < 1.29 is 13.2 Å². The molecule has 0 spiro atoms. The van der Waals surface area contributed by atoms with Crippen molar-refractivity contribution in [3.63, 3.8) is 0 Å². The first kappa shape index (κ1) is 11.9. The lowest BCUT2D eigenvalue weighted by Gasteiger charge is -2.28. The van der Waals surface area contributed by atoms with Crippen LogP contribution in [0.1, 0.15) is 37.4 Å². The predicted octanol–water partition coefficient (Wildman–Crippen LogP) is 2.89. The molecule has 0 bridgehead atoms. The summed E-state index contributed by atoms with van der Waals surface area (Å²) >= 11 is 2.99. The molecule has 0 fully saturated rings. The summed E-state index contributed by atoms with van der Waals surface area (Å²) in [6, 6.07) is -0.201. The first-order valence-corrected chi connectivity index (χ1v) is 5.70. The zero-order valence-corrected chi connectivity index (χ0v) is 10.4. The molecule has 0 amide bonds. The van der Waals surface area contributed by atoms with Gasteiger partial charge in [-0.1, -0.05) is 0 Å². The summed E-state index contributed by atoms with van der Waals surface area (Å²) in [6.45, 7) is 4.30. The molecule has 1 aromatic heterocycles.